The Labute approximate surface area is 141 Å². The number of anilines is 1. The first-order valence-electron chi connectivity index (χ1n) is 7.26. The fourth-order valence-electron chi connectivity index (χ4n) is 2.27. The predicted octanol–water partition coefficient (Wildman–Crippen LogP) is 2.71. The Hall–Kier alpha value is -3.00. The molecule has 120 valence electrons. The number of nitrogens with one attached hydrogen (secondary N) is 2. The van der Waals surface area contributed by atoms with Gasteiger partial charge in [0.25, 0.3) is 0 Å². The van der Waals surface area contributed by atoms with Crippen molar-refractivity contribution < 1.29 is 4.52 Å². The number of aromatic amines is 1. The summed E-state index contributed by atoms with van der Waals surface area (Å²) in [6, 6.07) is 7.29. The molecule has 0 unspecified atom stereocenters. The lowest BCUT2D eigenvalue weighted by atomic mass is 10.2. The Morgan fingerprint density at radius 3 is 2.92 bits per heavy atom. The van der Waals surface area contributed by atoms with Crippen molar-refractivity contribution in [2.45, 2.75) is 6.42 Å². The van der Waals surface area contributed by atoms with Crippen molar-refractivity contribution in [3.63, 3.8) is 0 Å². The monoisotopic (exact) mass is 341 g/mol. The van der Waals surface area contributed by atoms with E-state index in [9.17, 15) is 0 Å². The van der Waals surface area contributed by atoms with E-state index in [1.165, 1.54) is 6.33 Å². The molecule has 8 nitrogen and oxygen atoms in total. The highest BCUT2D eigenvalue weighted by Crippen LogP contribution is 2.19. The number of benzene rings is 1. The molecule has 0 saturated heterocycles. The Bertz CT molecular complexity index is 963. The number of fused-ring (bicyclic) bond motifs is 1. The minimum absolute atomic E-state index is 0.543. The number of hydrogen-bond donors (Lipinski definition) is 2. The second kappa shape index (κ2) is 6.25. The zero-order valence-electron chi connectivity index (χ0n) is 12.4. The van der Waals surface area contributed by atoms with E-state index < -0.39 is 0 Å². The van der Waals surface area contributed by atoms with E-state index in [-0.39, 0.29) is 0 Å². The second-order valence-corrected chi connectivity index (χ2v) is 5.49. The summed E-state index contributed by atoms with van der Waals surface area (Å²) in [5, 5.41) is 15.5. The van der Waals surface area contributed by atoms with Gasteiger partial charge in [0.2, 0.25) is 11.7 Å². The predicted molar refractivity (Wildman–Crippen MR) is 88.6 cm³/mol. The summed E-state index contributed by atoms with van der Waals surface area (Å²) in [5.74, 6) is 1.80. The molecule has 3 heterocycles. The number of nitrogens with zero attached hydrogens (tertiary/aromatic N) is 5. The molecule has 0 aliphatic heterocycles. The van der Waals surface area contributed by atoms with Gasteiger partial charge in [-0.1, -0.05) is 16.8 Å². The topological polar surface area (TPSA) is 105 Å². The third-order valence-corrected chi connectivity index (χ3v) is 3.70. The largest absolute Gasteiger partial charge is 0.369 e. The highest BCUT2D eigenvalue weighted by molar-refractivity contribution is 6.30. The number of H-pyrrole nitrogens is 1. The standard InChI is InChI=1S/C15H12ClN7O/c16-10-3-1-9(2-4-10)13-21-12(24-23-13)5-6-17-14-11-7-20-22-15(11)19-8-18-14/h1-4,7-8H,5-6H2,(H2,17,18,19,20,22). The van der Waals surface area contributed by atoms with Gasteiger partial charge in [0.05, 0.1) is 11.6 Å². The minimum Gasteiger partial charge on any atom is -0.369 e. The van der Waals surface area contributed by atoms with E-state index in [1.807, 2.05) is 12.1 Å². The van der Waals surface area contributed by atoms with Crippen molar-refractivity contribution in [2.75, 3.05) is 11.9 Å². The van der Waals surface area contributed by atoms with Gasteiger partial charge in [-0.3, -0.25) is 5.10 Å². The molecule has 4 rings (SSSR count). The summed E-state index contributed by atoms with van der Waals surface area (Å²) in [7, 11) is 0. The third kappa shape index (κ3) is 2.91. The molecule has 4 aromatic rings. The zero-order valence-corrected chi connectivity index (χ0v) is 13.2. The minimum atomic E-state index is 0.543. The highest BCUT2D eigenvalue weighted by Gasteiger charge is 2.09. The highest BCUT2D eigenvalue weighted by atomic mass is 35.5. The van der Waals surface area contributed by atoms with Crippen LogP contribution >= 0.6 is 11.6 Å². The molecule has 24 heavy (non-hydrogen) atoms. The van der Waals surface area contributed by atoms with Gasteiger partial charge in [0, 0.05) is 23.6 Å². The lowest BCUT2D eigenvalue weighted by Gasteiger charge is -2.03. The SMILES string of the molecule is Clc1ccc(-c2noc(CCNc3ncnc4[nH]ncc34)n2)cc1. The maximum Gasteiger partial charge on any atom is 0.228 e. The molecule has 0 radical (unpaired) electrons. The zero-order chi connectivity index (χ0) is 16.4. The smallest absolute Gasteiger partial charge is 0.228 e. The van der Waals surface area contributed by atoms with Gasteiger partial charge in [0.15, 0.2) is 5.65 Å². The molecular formula is C15H12ClN7O. The fourth-order valence-corrected chi connectivity index (χ4v) is 2.39. The van der Waals surface area contributed by atoms with Gasteiger partial charge >= 0.3 is 0 Å². The van der Waals surface area contributed by atoms with Gasteiger partial charge in [-0.25, -0.2) is 9.97 Å². The van der Waals surface area contributed by atoms with Crippen LogP contribution in [0.2, 0.25) is 5.02 Å². The summed E-state index contributed by atoms with van der Waals surface area (Å²) in [4.78, 5) is 12.7. The molecule has 0 amide bonds. The number of halogens is 1. The average molecular weight is 342 g/mol. The Kier molecular flexibility index (Phi) is 3.80. The van der Waals surface area contributed by atoms with Gasteiger partial charge in [-0.05, 0) is 24.3 Å². The summed E-state index contributed by atoms with van der Waals surface area (Å²) in [6.07, 6.45) is 3.74. The van der Waals surface area contributed by atoms with Gasteiger partial charge < -0.3 is 9.84 Å². The molecule has 0 fully saturated rings. The summed E-state index contributed by atoms with van der Waals surface area (Å²) in [5.41, 5.74) is 1.55. The van der Waals surface area contributed by atoms with E-state index in [0.29, 0.717) is 41.2 Å². The van der Waals surface area contributed by atoms with Crippen molar-refractivity contribution in [3.8, 4) is 11.4 Å². The molecule has 2 N–H and O–H groups in total. The maximum absolute atomic E-state index is 5.87. The fraction of sp³-hybridized carbons (Fsp3) is 0.133. The second-order valence-electron chi connectivity index (χ2n) is 5.05. The summed E-state index contributed by atoms with van der Waals surface area (Å²) in [6.45, 7) is 0.597. The Morgan fingerprint density at radius 2 is 2.04 bits per heavy atom. The van der Waals surface area contributed by atoms with Crippen LogP contribution in [0.15, 0.2) is 41.3 Å². The van der Waals surface area contributed by atoms with E-state index in [4.69, 9.17) is 16.1 Å². The van der Waals surface area contributed by atoms with Crippen LogP contribution < -0.4 is 5.32 Å². The molecule has 0 aliphatic carbocycles. The van der Waals surface area contributed by atoms with E-state index >= 15 is 0 Å². The number of rotatable bonds is 5. The van der Waals surface area contributed by atoms with Gasteiger partial charge in [-0.15, -0.1) is 0 Å². The van der Waals surface area contributed by atoms with Crippen LogP contribution in [0.4, 0.5) is 5.82 Å². The first-order valence-corrected chi connectivity index (χ1v) is 7.64. The van der Waals surface area contributed by atoms with Crippen LogP contribution in [0, 0.1) is 0 Å². The Balaban J connectivity index is 1.41. The van der Waals surface area contributed by atoms with Crippen LogP contribution in [0.25, 0.3) is 22.4 Å². The van der Waals surface area contributed by atoms with Crippen LogP contribution in [-0.4, -0.2) is 36.9 Å². The van der Waals surface area contributed by atoms with Crippen molar-refractivity contribution in [1.82, 2.24) is 30.3 Å². The molecular weight excluding hydrogens is 330 g/mol. The summed E-state index contributed by atoms with van der Waals surface area (Å²) < 4.78 is 5.27. The van der Waals surface area contributed by atoms with Crippen LogP contribution in [-0.2, 0) is 6.42 Å². The van der Waals surface area contributed by atoms with Gasteiger partial charge in [0.1, 0.15) is 12.1 Å². The lowest BCUT2D eigenvalue weighted by Crippen LogP contribution is -2.07. The molecule has 3 aromatic heterocycles. The van der Waals surface area contributed by atoms with Crippen molar-refractivity contribution >= 4 is 28.5 Å². The van der Waals surface area contributed by atoms with Crippen LogP contribution in [0.3, 0.4) is 0 Å². The van der Waals surface area contributed by atoms with E-state index in [0.717, 1.165) is 10.9 Å². The maximum atomic E-state index is 5.87. The van der Waals surface area contributed by atoms with E-state index in [1.54, 1.807) is 18.3 Å². The molecule has 0 saturated carbocycles. The molecule has 0 aliphatic rings. The van der Waals surface area contributed by atoms with Crippen LogP contribution in [0.1, 0.15) is 5.89 Å². The molecule has 1 aromatic carbocycles. The number of hydrogen-bond acceptors (Lipinski definition) is 7. The average Bonchev–Trinajstić information content (AvgIpc) is 3.25. The van der Waals surface area contributed by atoms with Crippen LogP contribution in [0.5, 0.6) is 0 Å². The van der Waals surface area contributed by atoms with Crippen molar-refractivity contribution in [3.05, 3.63) is 47.7 Å². The Morgan fingerprint density at radius 1 is 1.17 bits per heavy atom. The van der Waals surface area contributed by atoms with Gasteiger partial charge in [-0.2, -0.15) is 10.1 Å². The van der Waals surface area contributed by atoms with E-state index in [2.05, 4.69) is 35.6 Å². The first-order chi connectivity index (χ1) is 11.8. The normalized spacial score (nSPS) is 11.0. The van der Waals surface area contributed by atoms with Crippen molar-refractivity contribution in [1.29, 1.82) is 0 Å². The molecule has 0 spiro atoms. The van der Waals surface area contributed by atoms with Crippen molar-refractivity contribution in [2.24, 2.45) is 0 Å². The molecule has 9 heteroatoms. The quantitative estimate of drug-likeness (QED) is 0.574. The first kappa shape index (κ1) is 14.6. The summed E-state index contributed by atoms with van der Waals surface area (Å²) >= 11 is 5.87. The molecule has 0 bridgehead atoms. The number of aromatic nitrogens is 6. The third-order valence-electron chi connectivity index (χ3n) is 3.45. The lowest BCUT2D eigenvalue weighted by molar-refractivity contribution is 0.381. The molecule has 0 atom stereocenters.